The van der Waals surface area contributed by atoms with E-state index < -0.39 is 43.3 Å². The summed E-state index contributed by atoms with van der Waals surface area (Å²) in [5, 5.41) is 5.52. The third kappa shape index (κ3) is 9.50. The van der Waals surface area contributed by atoms with Crippen LogP contribution in [0.2, 0.25) is 10.0 Å². The number of benzene rings is 4. The van der Waals surface area contributed by atoms with Crippen LogP contribution in [0.4, 0.5) is 27.8 Å². The largest absolute Gasteiger partial charge is 0.345 e. The van der Waals surface area contributed by atoms with Gasteiger partial charge in [-0.15, -0.1) is 22.7 Å². The van der Waals surface area contributed by atoms with Crippen molar-refractivity contribution in [3.8, 4) is 22.5 Å². The SMILES string of the molecule is O=S(=O)(c1ccc(F)cc1)N1CCN(c2nc(-c3cc(F)cc(Cl)c3)cs2)CC1.O=S(=O)(c1ccc(F)cc1)N1CCN(c2nc(-c3ccc(F)c(Cl)c3)cs2)CC1. The van der Waals surface area contributed by atoms with Crippen molar-refractivity contribution >= 4 is 76.2 Å². The van der Waals surface area contributed by atoms with Crippen molar-refractivity contribution in [2.45, 2.75) is 9.79 Å². The smallest absolute Gasteiger partial charge is 0.243 e. The van der Waals surface area contributed by atoms with E-state index >= 15 is 0 Å². The van der Waals surface area contributed by atoms with Gasteiger partial charge in [0.1, 0.15) is 23.3 Å². The van der Waals surface area contributed by atoms with Gasteiger partial charge in [0.05, 0.1) is 26.2 Å². The molecule has 0 aliphatic carbocycles. The summed E-state index contributed by atoms with van der Waals surface area (Å²) in [5.41, 5.74) is 2.62. The third-order valence-corrected chi connectivity index (χ3v) is 15.4. The second kappa shape index (κ2) is 17.6. The second-order valence-corrected chi connectivity index (χ2v) is 19.4. The van der Waals surface area contributed by atoms with E-state index in [4.69, 9.17) is 23.2 Å². The molecule has 10 nitrogen and oxygen atoms in total. The van der Waals surface area contributed by atoms with Gasteiger partial charge in [0.15, 0.2) is 10.3 Å². The minimum absolute atomic E-state index is 0.0386. The van der Waals surface area contributed by atoms with Gasteiger partial charge < -0.3 is 9.80 Å². The Balaban J connectivity index is 0.000000177. The van der Waals surface area contributed by atoms with Crippen molar-refractivity contribution in [3.05, 3.63) is 129 Å². The zero-order chi connectivity index (χ0) is 41.2. The van der Waals surface area contributed by atoms with E-state index in [1.54, 1.807) is 12.1 Å². The maximum Gasteiger partial charge on any atom is 0.243 e. The van der Waals surface area contributed by atoms with Crippen LogP contribution in [0.1, 0.15) is 0 Å². The van der Waals surface area contributed by atoms with Gasteiger partial charge in [-0.2, -0.15) is 8.61 Å². The molecule has 2 fully saturated rings. The fourth-order valence-corrected chi connectivity index (χ4v) is 11.2. The van der Waals surface area contributed by atoms with E-state index in [9.17, 15) is 34.4 Å². The molecule has 2 aromatic heterocycles. The van der Waals surface area contributed by atoms with Gasteiger partial charge in [-0.1, -0.05) is 23.2 Å². The lowest BCUT2D eigenvalue weighted by molar-refractivity contribution is 0.384. The molecule has 304 valence electrons. The first-order valence-corrected chi connectivity index (χ1v) is 22.9. The topological polar surface area (TPSA) is 107 Å². The van der Waals surface area contributed by atoms with Crippen LogP contribution in [-0.2, 0) is 20.0 Å². The molecule has 0 saturated carbocycles. The molecule has 0 N–H and O–H groups in total. The Morgan fingerprint density at radius 2 is 0.966 bits per heavy atom. The van der Waals surface area contributed by atoms with E-state index in [1.165, 1.54) is 79.8 Å². The van der Waals surface area contributed by atoms with Crippen LogP contribution in [0, 0.1) is 23.3 Å². The zero-order valence-electron chi connectivity index (χ0n) is 30.1. The molecule has 0 spiro atoms. The summed E-state index contributed by atoms with van der Waals surface area (Å²) in [6, 6.07) is 18.4. The van der Waals surface area contributed by atoms with Crippen LogP contribution in [0.5, 0.6) is 0 Å². The fourth-order valence-electron chi connectivity index (χ4n) is 6.19. The van der Waals surface area contributed by atoms with Crippen molar-refractivity contribution in [3.63, 3.8) is 0 Å². The molecule has 2 aliphatic heterocycles. The molecular weight excluding hydrogens is 880 g/mol. The van der Waals surface area contributed by atoms with E-state index in [0.717, 1.165) is 40.1 Å². The highest BCUT2D eigenvalue weighted by Gasteiger charge is 2.31. The van der Waals surface area contributed by atoms with Gasteiger partial charge in [-0.25, -0.2) is 44.4 Å². The van der Waals surface area contributed by atoms with Crippen molar-refractivity contribution in [1.82, 2.24) is 18.6 Å². The Kier molecular flexibility index (Phi) is 12.7. The minimum Gasteiger partial charge on any atom is -0.345 e. The lowest BCUT2D eigenvalue weighted by Crippen LogP contribution is -2.48. The number of thiazole rings is 2. The summed E-state index contributed by atoms with van der Waals surface area (Å²) >= 11 is 14.6. The first-order valence-electron chi connectivity index (χ1n) is 17.5. The number of halogens is 6. The Bertz CT molecular complexity index is 2600. The Morgan fingerprint density at radius 3 is 1.40 bits per heavy atom. The average Bonchev–Trinajstić information content (AvgIpc) is 3.91. The van der Waals surface area contributed by atoms with E-state index in [1.807, 2.05) is 20.6 Å². The van der Waals surface area contributed by atoms with Crippen LogP contribution in [-0.4, -0.2) is 87.8 Å². The summed E-state index contributed by atoms with van der Waals surface area (Å²) in [7, 11) is -7.32. The number of piperazine rings is 2. The first kappa shape index (κ1) is 42.0. The summed E-state index contributed by atoms with van der Waals surface area (Å²) in [4.78, 5) is 13.3. The van der Waals surface area contributed by atoms with Crippen LogP contribution >= 0.6 is 45.9 Å². The van der Waals surface area contributed by atoms with Crippen LogP contribution < -0.4 is 9.80 Å². The molecule has 0 radical (unpaired) electrons. The summed E-state index contributed by atoms with van der Waals surface area (Å²) in [6.07, 6.45) is 0. The predicted octanol–water partition coefficient (Wildman–Crippen LogP) is 8.51. The fraction of sp³-hybridized carbons (Fsp3) is 0.211. The first-order chi connectivity index (χ1) is 27.7. The highest BCUT2D eigenvalue weighted by Crippen LogP contribution is 2.32. The van der Waals surface area contributed by atoms with Gasteiger partial charge in [0.2, 0.25) is 20.0 Å². The molecule has 2 aliphatic rings. The van der Waals surface area contributed by atoms with Gasteiger partial charge in [-0.05, 0) is 84.9 Å². The van der Waals surface area contributed by atoms with E-state index in [0.29, 0.717) is 74.3 Å². The number of hydrogen-bond donors (Lipinski definition) is 0. The molecule has 2 saturated heterocycles. The quantitative estimate of drug-likeness (QED) is 0.140. The molecule has 4 aromatic carbocycles. The van der Waals surface area contributed by atoms with Gasteiger partial charge in [-0.3, -0.25) is 0 Å². The third-order valence-electron chi connectivity index (χ3n) is 9.28. The van der Waals surface area contributed by atoms with Crippen LogP contribution in [0.3, 0.4) is 0 Å². The Morgan fingerprint density at radius 1 is 0.517 bits per heavy atom. The summed E-state index contributed by atoms with van der Waals surface area (Å²) in [5.74, 6) is -1.87. The minimum atomic E-state index is -3.67. The van der Waals surface area contributed by atoms with Crippen molar-refractivity contribution in [1.29, 1.82) is 0 Å². The summed E-state index contributed by atoms with van der Waals surface area (Å²) < 4.78 is 107. The molecule has 20 heteroatoms. The molecule has 0 atom stereocenters. The lowest BCUT2D eigenvalue weighted by atomic mass is 10.2. The molecule has 0 unspecified atom stereocenters. The van der Waals surface area contributed by atoms with Gasteiger partial charge in [0, 0.05) is 79.3 Å². The predicted molar refractivity (Wildman–Crippen MR) is 220 cm³/mol. The number of rotatable bonds is 8. The van der Waals surface area contributed by atoms with Gasteiger partial charge >= 0.3 is 0 Å². The average molecular weight is 912 g/mol. The zero-order valence-corrected chi connectivity index (χ0v) is 34.9. The van der Waals surface area contributed by atoms with Crippen LogP contribution in [0.15, 0.2) is 105 Å². The number of anilines is 2. The van der Waals surface area contributed by atoms with E-state index in [-0.39, 0.29) is 14.8 Å². The van der Waals surface area contributed by atoms with E-state index in [2.05, 4.69) is 9.97 Å². The molecular formula is C38H32Cl2F4N6O4S4. The second-order valence-electron chi connectivity index (χ2n) is 13.0. The van der Waals surface area contributed by atoms with Crippen molar-refractivity contribution < 1.29 is 34.4 Å². The molecule has 4 heterocycles. The number of hydrogen-bond acceptors (Lipinski definition) is 10. The Hall–Kier alpha value is -4.14. The highest BCUT2D eigenvalue weighted by molar-refractivity contribution is 7.89. The standard InChI is InChI=1S/2C19H16ClF2N3O2S2/c20-16-11-13(1-6-17(16)22)18-12-28-19(23-18)24-7-9-25(10-8-24)29(26,27)15-4-2-14(21)3-5-15;20-14-9-13(10-16(22)11-14)18-12-28-19(23-18)24-5-7-25(8-6-24)29(26,27)17-3-1-15(21)2-4-17/h1-6,11-12H,7-10H2;1-4,9-12H,5-8H2. The molecule has 8 rings (SSSR count). The molecule has 6 aromatic rings. The Labute approximate surface area is 350 Å². The highest BCUT2D eigenvalue weighted by atomic mass is 35.5. The maximum absolute atomic E-state index is 13.6. The number of nitrogens with zero attached hydrogens (tertiary/aromatic N) is 6. The lowest BCUT2D eigenvalue weighted by Gasteiger charge is -2.33. The number of aromatic nitrogens is 2. The van der Waals surface area contributed by atoms with Crippen LogP contribution in [0.25, 0.3) is 22.5 Å². The monoisotopic (exact) mass is 910 g/mol. The maximum atomic E-state index is 13.6. The van der Waals surface area contributed by atoms with Gasteiger partial charge in [0.25, 0.3) is 0 Å². The normalized spacial score (nSPS) is 15.6. The number of sulfonamides is 2. The van der Waals surface area contributed by atoms with Crippen molar-refractivity contribution in [2.24, 2.45) is 0 Å². The molecule has 58 heavy (non-hydrogen) atoms. The molecule has 0 bridgehead atoms. The molecule has 0 amide bonds. The van der Waals surface area contributed by atoms with Crippen molar-refractivity contribution in [2.75, 3.05) is 62.2 Å². The summed E-state index contributed by atoms with van der Waals surface area (Å²) in [6.45, 7) is 3.10.